The van der Waals surface area contributed by atoms with Crippen LogP contribution in [-0.4, -0.2) is 38.7 Å². The van der Waals surface area contributed by atoms with Crippen molar-refractivity contribution in [3.05, 3.63) is 52.3 Å². The van der Waals surface area contributed by atoms with Crippen LogP contribution in [0.1, 0.15) is 39.5 Å². The first-order valence-electron chi connectivity index (χ1n) is 10.1. The molecule has 0 aromatic heterocycles. The van der Waals surface area contributed by atoms with Crippen LogP contribution in [-0.2, 0) is 16.4 Å². The number of ether oxygens (including phenoxy) is 1. The van der Waals surface area contributed by atoms with Crippen LogP contribution in [0.2, 0.25) is 0 Å². The average Bonchev–Trinajstić information content (AvgIpc) is 3.01. The molecule has 4 rings (SSSR count). The molecule has 0 unspecified atom stereocenters. The number of benzene rings is 2. The Morgan fingerprint density at radius 3 is 2.47 bits per heavy atom. The average molecular weight is 543 g/mol. The highest BCUT2D eigenvalue weighted by molar-refractivity contribution is 14.1. The predicted molar refractivity (Wildman–Crippen MR) is 126 cm³/mol. The van der Waals surface area contributed by atoms with E-state index in [0.717, 1.165) is 52.0 Å². The van der Waals surface area contributed by atoms with E-state index in [1.807, 2.05) is 25.1 Å². The Hall–Kier alpha value is -1.19. The summed E-state index contributed by atoms with van der Waals surface area (Å²) < 4.78 is 45.4. The Kier molecular flexibility index (Phi) is 5.68. The summed E-state index contributed by atoms with van der Waals surface area (Å²) in [6.45, 7) is 7.63. The first-order valence-corrected chi connectivity index (χ1v) is 13.2. The van der Waals surface area contributed by atoms with Gasteiger partial charge in [-0.3, -0.25) is 0 Å². The summed E-state index contributed by atoms with van der Waals surface area (Å²) in [5, 5.41) is 0. The second-order valence-electron chi connectivity index (χ2n) is 9.06. The molecule has 1 saturated heterocycles. The van der Waals surface area contributed by atoms with Crippen molar-refractivity contribution in [2.45, 2.75) is 37.5 Å². The quantitative estimate of drug-likeness (QED) is 0.385. The molecule has 1 fully saturated rings. The normalized spacial score (nSPS) is 20.7. The van der Waals surface area contributed by atoms with E-state index in [4.69, 9.17) is 4.74 Å². The van der Waals surface area contributed by atoms with Gasteiger partial charge in [0.1, 0.15) is 11.6 Å². The predicted octanol–water partition coefficient (Wildman–Crippen LogP) is 5.19. The molecule has 2 aromatic rings. The lowest BCUT2D eigenvalue weighted by Gasteiger charge is -2.45. The van der Waals surface area contributed by atoms with Crippen LogP contribution in [0.5, 0.6) is 5.75 Å². The second kappa shape index (κ2) is 7.74. The number of hydrogen-bond donors (Lipinski definition) is 0. The van der Waals surface area contributed by atoms with Gasteiger partial charge in [0.2, 0.25) is 10.0 Å². The number of sulfonamides is 1. The van der Waals surface area contributed by atoms with Crippen LogP contribution >= 0.6 is 22.6 Å². The first-order chi connectivity index (χ1) is 14.0. The van der Waals surface area contributed by atoms with E-state index >= 15 is 0 Å². The van der Waals surface area contributed by atoms with Gasteiger partial charge in [-0.1, -0.05) is 35.6 Å². The lowest BCUT2D eigenvalue weighted by atomic mass is 9.85. The summed E-state index contributed by atoms with van der Waals surface area (Å²) in [4.78, 5) is 0. The highest BCUT2D eigenvalue weighted by Crippen LogP contribution is 2.45. The summed E-state index contributed by atoms with van der Waals surface area (Å²) in [5.74, 6) is 0.691. The lowest BCUT2D eigenvalue weighted by molar-refractivity contribution is 0.0365. The maximum atomic E-state index is 14.4. The Labute approximate surface area is 192 Å². The van der Waals surface area contributed by atoms with E-state index in [1.54, 1.807) is 6.07 Å². The van der Waals surface area contributed by atoms with Gasteiger partial charge in [0.05, 0.1) is 12.9 Å². The van der Waals surface area contributed by atoms with Crippen LogP contribution in [0, 0.1) is 25.1 Å². The number of aryl methyl sites for hydroxylation is 2. The molecule has 0 N–H and O–H groups in total. The van der Waals surface area contributed by atoms with Crippen LogP contribution in [0.3, 0.4) is 0 Å². The summed E-state index contributed by atoms with van der Waals surface area (Å²) >= 11 is 2.34. The molecule has 30 heavy (non-hydrogen) atoms. The molecule has 7 heteroatoms. The van der Waals surface area contributed by atoms with Gasteiger partial charge in [-0.15, -0.1) is 0 Å². The van der Waals surface area contributed by atoms with Gasteiger partial charge in [-0.25, -0.2) is 17.1 Å². The molecule has 2 aromatic carbocycles. The number of fused-ring (bicyclic) bond motifs is 1. The third-order valence-corrected chi connectivity index (χ3v) is 8.65. The van der Waals surface area contributed by atoms with Crippen molar-refractivity contribution in [1.29, 1.82) is 0 Å². The molecular formula is C23H27FINO3S. The molecule has 0 amide bonds. The van der Waals surface area contributed by atoms with Gasteiger partial charge in [0.25, 0.3) is 0 Å². The first kappa shape index (κ1) is 22.0. The largest absolute Gasteiger partial charge is 0.493 e. The summed E-state index contributed by atoms with van der Waals surface area (Å²) in [7, 11) is -3.13. The minimum absolute atomic E-state index is 0.0993. The van der Waals surface area contributed by atoms with Crippen molar-refractivity contribution in [3.63, 3.8) is 0 Å². The van der Waals surface area contributed by atoms with Gasteiger partial charge in [0, 0.05) is 28.0 Å². The maximum Gasteiger partial charge on any atom is 0.211 e. The Bertz CT molecular complexity index is 1090. The number of alkyl halides is 1. The van der Waals surface area contributed by atoms with Crippen molar-refractivity contribution in [1.82, 2.24) is 4.31 Å². The van der Waals surface area contributed by atoms with E-state index in [9.17, 15) is 12.8 Å². The van der Waals surface area contributed by atoms with Crippen molar-refractivity contribution in [3.8, 4) is 16.9 Å². The second-order valence-corrected chi connectivity index (χ2v) is 12.5. The third-order valence-electron chi connectivity index (χ3n) is 6.21. The van der Waals surface area contributed by atoms with Crippen molar-refractivity contribution in [2.24, 2.45) is 5.41 Å². The Balaban J connectivity index is 1.56. The highest BCUT2D eigenvalue weighted by Gasteiger charge is 2.43. The van der Waals surface area contributed by atoms with Crippen LogP contribution in [0.15, 0.2) is 24.3 Å². The fraction of sp³-hybridized carbons (Fsp3) is 0.478. The topological polar surface area (TPSA) is 46.6 Å². The van der Waals surface area contributed by atoms with Crippen molar-refractivity contribution < 1.29 is 17.5 Å². The van der Waals surface area contributed by atoms with Gasteiger partial charge < -0.3 is 4.74 Å². The summed E-state index contributed by atoms with van der Waals surface area (Å²) in [6.07, 6.45) is 3.12. The summed E-state index contributed by atoms with van der Waals surface area (Å²) in [5.41, 5.74) is 6.32. The molecule has 1 heterocycles. The zero-order valence-corrected chi connectivity index (χ0v) is 20.7. The molecule has 162 valence electrons. The number of nitrogens with zero attached hydrogens (tertiary/aromatic N) is 1. The zero-order chi connectivity index (χ0) is 21.8. The van der Waals surface area contributed by atoms with Crippen molar-refractivity contribution in [2.75, 3.05) is 26.0 Å². The monoisotopic (exact) mass is 543 g/mol. The fourth-order valence-corrected chi connectivity index (χ4v) is 6.79. The fourth-order valence-electron chi connectivity index (χ4n) is 4.71. The lowest BCUT2D eigenvalue weighted by Crippen LogP contribution is -2.58. The zero-order valence-electron chi connectivity index (χ0n) is 17.8. The van der Waals surface area contributed by atoms with E-state index in [-0.39, 0.29) is 15.2 Å². The molecule has 0 radical (unpaired) electrons. The minimum atomic E-state index is -3.13. The molecule has 1 atom stereocenters. The number of halogens is 2. The van der Waals surface area contributed by atoms with E-state index in [1.165, 1.54) is 10.6 Å². The number of rotatable bonds is 5. The van der Waals surface area contributed by atoms with Gasteiger partial charge in [0.15, 0.2) is 0 Å². The van der Waals surface area contributed by atoms with Gasteiger partial charge >= 0.3 is 0 Å². The summed E-state index contributed by atoms with van der Waals surface area (Å²) in [6, 6.07) is 7.57. The maximum absolute atomic E-state index is 14.4. The van der Waals surface area contributed by atoms with Crippen LogP contribution in [0.4, 0.5) is 4.39 Å². The van der Waals surface area contributed by atoms with E-state index in [0.29, 0.717) is 19.7 Å². The van der Waals surface area contributed by atoms with Gasteiger partial charge in [-0.2, -0.15) is 0 Å². The van der Waals surface area contributed by atoms with E-state index in [2.05, 4.69) is 36.4 Å². The molecular weight excluding hydrogens is 516 g/mol. The molecule has 0 saturated carbocycles. The Morgan fingerprint density at radius 1 is 1.23 bits per heavy atom. The van der Waals surface area contributed by atoms with Crippen LogP contribution < -0.4 is 4.74 Å². The minimum Gasteiger partial charge on any atom is -0.493 e. The smallest absolute Gasteiger partial charge is 0.211 e. The third kappa shape index (κ3) is 4.00. The van der Waals surface area contributed by atoms with E-state index < -0.39 is 10.0 Å². The molecule has 0 spiro atoms. The van der Waals surface area contributed by atoms with Gasteiger partial charge in [-0.05, 0) is 72.7 Å². The molecule has 1 aliphatic carbocycles. The highest BCUT2D eigenvalue weighted by atomic mass is 127. The molecule has 1 aliphatic heterocycles. The number of hydrogen-bond acceptors (Lipinski definition) is 3. The standard InChI is InChI=1S/C23H27FINO3S/c1-14-9-16(29-13-23(3)11-26(12-23)30(4,27)28)10-15(2)21(14)17-5-7-19(24)22-18(17)6-8-20(22)25/h5,7,9-10,20H,6,8,11-13H2,1-4H3/t20-/m1/s1. The molecule has 2 aliphatic rings. The SMILES string of the molecule is Cc1cc(OCC2(C)CN(S(C)(=O)=O)C2)cc(C)c1-c1ccc(F)c2c1CC[C@H]2I. The molecule has 0 bridgehead atoms. The molecule has 4 nitrogen and oxygen atoms in total. The van der Waals surface area contributed by atoms with Crippen molar-refractivity contribution >= 4 is 32.6 Å². The van der Waals surface area contributed by atoms with Crippen LogP contribution in [0.25, 0.3) is 11.1 Å². The Morgan fingerprint density at radius 2 is 1.87 bits per heavy atom.